The lowest BCUT2D eigenvalue weighted by Crippen LogP contribution is -2.13. The Hall–Kier alpha value is -1.89. The first-order valence-corrected chi connectivity index (χ1v) is 7.56. The average molecular weight is 309 g/mol. The third-order valence-corrected chi connectivity index (χ3v) is 4.05. The molecule has 7 heteroatoms. The van der Waals surface area contributed by atoms with Gasteiger partial charge in [0.05, 0.1) is 11.8 Å². The van der Waals surface area contributed by atoms with E-state index in [1.165, 1.54) is 6.07 Å². The second-order valence-electron chi connectivity index (χ2n) is 4.50. The maximum Gasteiger partial charge on any atom is 0.313 e. The predicted octanol–water partition coefficient (Wildman–Crippen LogP) is 2.77. The Balaban J connectivity index is 2.39. The summed E-state index contributed by atoms with van der Waals surface area (Å²) in [7, 11) is 0. The fraction of sp³-hybridized carbons (Fsp3) is 0.357. The molecule has 1 unspecified atom stereocenters. The molecule has 1 aromatic heterocycles. The molecule has 0 saturated carbocycles. The molecule has 112 valence electrons. The quantitative estimate of drug-likeness (QED) is 0.831. The standard InChI is InChI=1S/C14H16FN3O2S/c1-3-12-16-17-14(21-8-13(19)20)18(12)9(2)10-6-4-5-7-11(10)15/h4-7,9H,3,8H2,1-2H3,(H,19,20). The Morgan fingerprint density at radius 1 is 1.43 bits per heavy atom. The van der Waals surface area contributed by atoms with Gasteiger partial charge in [-0.1, -0.05) is 36.9 Å². The summed E-state index contributed by atoms with van der Waals surface area (Å²) in [6.07, 6.45) is 0.638. The molecule has 5 nitrogen and oxygen atoms in total. The largest absolute Gasteiger partial charge is 0.481 e. The minimum absolute atomic E-state index is 0.105. The van der Waals surface area contributed by atoms with Crippen LogP contribution in [0.25, 0.3) is 0 Å². The lowest BCUT2D eigenvalue weighted by Gasteiger charge is -2.18. The van der Waals surface area contributed by atoms with Gasteiger partial charge in [-0.15, -0.1) is 10.2 Å². The highest BCUT2D eigenvalue weighted by molar-refractivity contribution is 7.99. The molecule has 21 heavy (non-hydrogen) atoms. The number of aryl methyl sites for hydroxylation is 1. The van der Waals surface area contributed by atoms with Gasteiger partial charge < -0.3 is 5.11 Å². The lowest BCUT2D eigenvalue weighted by molar-refractivity contribution is -0.133. The smallest absolute Gasteiger partial charge is 0.313 e. The first-order valence-electron chi connectivity index (χ1n) is 6.57. The molecule has 1 aromatic carbocycles. The molecule has 0 aliphatic heterocycles. The van der Waals surface area contributed by atoms with E-state index in [2.05, 4.69) is 10.2 Å². The molecule has 1 atom stereocenters. The summed E-state index contributed by atoms with van der Waals surface area (Å²) in [5.41, 5.74) is 0.532. The summed E-state index contributed by atoms with van der Waals surface area (Å²) in [6, 6.07) is 6.23. The summed E-state index contributed by atoms with van der Waals surface area (Å²) < 4.78 is 15.8. The zero-order valence-corrected chi connectivity index (χ0v) is 12.6. The number of hydrogen-bond donors (Lipinski definition) is 1. The van der Waals surface area contributed by atoms with Crippen LogP contribution in [0.2, 0.25) is 0 Å². The van der Waals surface area contributed by atoms with Gasteiger partial charge in [0.25, 0.3) is 0 Å². The van der Waals surface area contributed by atoms with Crippen molar-refractivity contribution in [3.63, 3.8) is 0 Å². The number of carbonyl (C=O) groups is 1. The molecule has 0 aliphatic carbocycles. The van der Waals surface area contributed by atoms with E-state index in [0.717, 1.165) is 11.8 Å². The van der Waals surface area contributed by atoms with Gasteiger partial charge in [0.2, 0.25) is 0 Å². The Labute approximate surface area is 126 Å². The number of thioether (sulfide) groups is 1. The summed E-state index contributed by atoms with van der Waals surface area (Å²) in [4.78, 5) is 10.7. The summed E-state index contributed by atoms with van der Waals surface area (Å²) >= 11 is 1.09. The molecule has 0 amide bonds. The van der Waals surface area contributed by atoms with Crippen molar-refractivity contribution in [1.82, 2.24) is 14.8 Å². The first-order chi connectivity index (χ1) is 10.0. The molecule has 1 heterocycles. The molecular weight excluding hydrogens is 293 g/mol. The number of benzene rings is 1. The third kappa shape index (κ3) is 3.41. The van der Waals surface area contributed by atoms with Crippen LogP contribution in [-0.2, 0) is 11.2 Å². The fourth-order valence-corrected chi connectivity index (χ4v) is 2.87. The Morgan fingerprint density at radius 2 is 2.14 bits per heavy atom. The number of nitrogens with zero attached hydrogens (tertiary/aromatic N) is 3. The predicted molar refractivity (Wildman–Crippen MR) is 78.0 cm³/mol. The minimum atomic E-state index is -0.925. The minimum Gasteiger partial charge on any atom is -0.481 e. The molecular formula is C14H16FN3O2S. The topological polar surface area (TPSA) is 68.0 Å². The molecule has 0 spiro atoms. The van der Waals surface area contributed by atoms with Crippen molar-refractivity contribution >= 4 is 17.7 Å². The van der Waals surface area contributed by atoms with Crippen LogP contribution in [0.1, 0.15) is 31.3 Å². The van der Waals surface area contributed by atoms with Crippen molar-refractivity contribution in [2.75, 3.05) is 5.75 Å². The molecule has 0 aliphatic rings. The first kappa shape index (κ1) is 15.5. The number of aliphatic carboxylic acids is 1. The van der Waals surface area contributed by atoms with Crippen LogP contribution in [-0.4, -0.2) is 31.6 Å². The van der Waals surface area contributed by atoms with Crippen molar-refractivity contribution < 1.29 is 14.3 Å². The van der Waals surface area contributed by atoms with Gasteiger partial charge in [-0.25, -0.2) is 4.39 Å². The SMILES string of the molecule is CCc1nnc(SCC(=O)O)n1C(C)c1ccccc1F. The molecule has 2 aromatic rings. The lowest BCUT2D eigenvalue weighted by atomic mass is 10.1. The van der Waals surface area contributed by atoms with Crippen molar-refractivity contribution in [1.29, 1.82) is 0 Å². The summed E-state index contributed by atoms with van der Waals surface area (Å²) in [5, 5.41) is 17.4. The maximum absolute atomic E-state index is 14.0. The summed E-state index contributed by atoms with van der Waals surface area (Å²) in [6.45, 7) is 3.78. The molecule has 1 N–H and O–H groups in total. The number of halogens is 1. The van der Waals surface area contributed by atoms with Gasteiger partial charge in [-0.3, -0.25) is 9.36 Å². The number of hydrogen-bond acceptors (Lipinski definition) is 4. The van der Waals surface area contributed by atoms with Crippen LogP contribution in [0.4, 0.5) is 4.39 Å². The van der Waals surface area contributed by atoms with Gasteiger partial charge in [-0.05, 0) is 13.0 Å². The highest BCUT2D eigenvalue weighted by Crippen LogP contribution is 2.27. The van der Waals surface area contributed by atoms with Crippen molar-refractivity contribution in [2.24, 2.45) is 0 Å². The number of aromatic nitrogens is 3. The zero-order chi connectivity index (χ0) is 15.4. The van der Waals surface area contributed by atoms with E-state index in [1.54, 1.807) is 22.8 Å². The second-order valence-corrected chi connectivity index (χ2v) is 5.44. The second kappa shape index (κ2) is 6.71. The van der Waals surface area contributed by atoms with Gasteiger partial charge in [0.1, 0.15) is 11.6 Å². The van der Waals surface area contributed by atoms with E-state index in [4.69, 9.17) is 5.11 Å². The van der Waals surface area contributed by atoms with E-state index in [0.29, 0.717) is 23.0 Å². The van der Waals surface area contributed by atoms with Gasteiger partial charge in [0.15, 0.2) is 5.16 Å². The van der Waals surface area contributed by atoms with Crippen LogP contribution < -0.4 is 0 Å². The fourth-order valence-electron chi connectivity index (χ4n) is 2.12. The van der Waals surface area contributed by atoms with Crippen LogP contribution in [0.3, 0.4) is 0 Å². The number of carboxylic acid groups (broad SMARTS) is 1. The Bertz CT molecular complexity index is 645. The third-order valence-electron chi connectivity index (χ3n) is 3.12. The number of rotatable bonds is 6. The highest BCUT2D eigenvalue weighted by atomic mass is 32.2. The molecule has 2 rings (SSSR count). The molecule has 0 radical (unpaired) electrons. The monoisotopic (exact) mass is 309 g/mol. The normalized spacial score (nSPS) is 12.3. The van der Waals surface area contributed by atoms with Crippen LogP contribution in [0.15, 0.2) is 29.4 Å². The van der Waals surface area contributed by atoms with E-state index >= 15 is 0 Å². The van der Waals surface area contributed by atoms with Crippen LogP contribution in [0, 0.1) is 5.82 Å². The maximum atomic E-state index is 14.0. The van der Waals surface area contributed by atoms with E-state index in [1.807, 2.05) is 13.8 Å². The molecule has 0 bridgehead atoms. The molecule has 0 saturated heterocycles. The number of carboxylic acids is 1. The van der Waals surface area contributed by atoms with Crippen LogP contribution in [0.5, 0.6) is 0 Å². The molecule has 0 fully saturated rings. The van der Waals surface area contributed by atoms with Gasteiger partial charge >= 0.3 is 5.97 Å². The van der Waals surface area contributed by atoms with Crippen LogP contribution >= 0.6 is 11.8 Å². The van der Waals surface area contributed by atoms with Crippen molar-refractivity contribution in [2.45, 2.75) is 31.5 Å². The summed E-state index contributed by atoms with van der Waals surface area (Å²) in [5.74, 6) is -0.619. The van der Waals surface area contributed by atoms with E-state index in [-0.39, 0.29) is 17.6 Å². The van der Waals surface area contributed by atoms with Crippen molar-refractivity contribution in [3.8, 4) is 0 Å². The van der Waals surface area contributed by atoms with Gasteiger partial charge in [-0.2, -0.15) is 0 Å². The van der Waals surface area contributed by atoms with Crippen molar-refractivity contribution in [3.05, 3.63) is 41.5 Å². The van der Waals surface area contributed by atoms with E-state index < -0.39 is 5.97 Å². The highest BCUT2D eigenvalue weighted by Gasteiger charge is 2.20. The Kier molecular flexibility index (Phi) is 4.95. The average Bonchev–Trinajstić information content (AvgIpc) is 2.87. The Morgan fingerprint density at radius 3 is 2.76 bits per heavy atom. The van der Waals surface area contributed by atoms with E-state index in [9.17, 15) is 9.18 Å². The zero-order valence-electron chi connectivity index (χ0n) is 11.8. The van der Waals surface area contributed by atoms with Gasteiger partial charge in [0, 0.05) is 12.0 Å².